The fraction of sp³-hybridized carbons (Fsp3) is 0.281. The van der Waals surface area contributed by atoms with Crippen molar-refractivity contribution in [1.82, 2.24) is 9.88 Å². The standard InChI is InChI=1S/C32H30ClF3N2O3/c1-20-30(33)31(40)29(28(19-39)37-20)26-8-6-23(7-9-26)22-4-2-21(3-5-22)18-38-16-14-25(15-17-38)24-10-12-27(13-11-24)41-32(34,35)36/h2-13,25,39H,14-19H2,1H3,(H,37,40). The van der Waals surface area contributed by atoms with E-state index in [9.17, 15) is 23.1 Å². The predicted molar refractivity (Wildman–Crippen MR) is 154 cm³/mol. The Bertz CT molecular complexity index is 1540. The highest BCUT2D eigenvalue weighted by Gasteiger charge is 2.31. The maximum Gasteiger partial charge on any atom is 0.573 e. The minimum absolute atomic E-state index is 0.120. The second-order valence-electron chi connectivity index (χ2n) is 10.3. The molecule has 5 nitrogen and oxygen atoms in total. The van der Waals surface area contributed by atoms with E-state index in [4.69, 9.17) is 11.6 Å². The van der Waals surface area contributed by atoms with Crippen molar-refractivity contribution in [1.29, 1.82) is 0 Å². The predicted octanol–water partition coefficient (Wildman–Crippen LogP) is 7.44. The molecule has 2 heterocycles. The van der Waals surface area contributed by atoms with Crippen LogP contribution in [0.25, 0.3) is 22.3 Å². The number of pyridine rings is 1. The number of aryl methyl sites for hydroxylation is 1. The fourth-order valence-corrected chi connectivity index (χ4v) is 5.58. The average Bonchev–Trinajstić information content (AvgIpc) is 2.96. The number of aliphatic hydroxyl groups excluding tert-OH is 1. The normalized spacial score (nSPS) is 14.8. The summed E-state index contributed by atoms with van der Waals surface area (Å²) in [5, 5.41) is 9.87. The van der Waals surface area contributed by atoms with Gasteiger partial charge in [-0.25, -0.2) is 0 Å². The number of piperidine rings is 1. The molecular formula is C32H30ClF3N2O3. The summed E-state index contributed by atoms with van der Waals surface area (Å²) in [6.45, 7) is 4.05. The van der Waals surface area contributed by atoms with Gasteiger partial charge >= 0.3 is 6.36 Å². The highest BCUT2D eigenvalue weighted by Crippen LogP contribution is 2.32. The van der Waals surface area contributed by atoms with E-state index in [0.29, 0.717) is 28.4 Å². The molecule has 1 fully saturated rings. The average molecular weight is 583 g/mol. The van der Waals surface area contributed by atoms with E-state index in [2.05, 4.69) is 38.9 Å². The minimum Gasteiger partial charge on any atom is -0.406 e. The zero-order chi connectivity index (χ0) is 29.1. The van der Waals surface area contributed by atoms with Gasteiger partial charge in [-0.15, -0.1) is 13.2 Å². The summed E-state index contributed by atoms with van der Waals surface area (Å²) in [6.07, 6.45) is -2.80. The van der Waals surface area contributed by atoms with Gasteiger partial charge in [0.25, 0.3) is 0 Å². The van der Waals surface area contributed by atoms with Gasteiger partial charge in [0, 0.05) is 12.2 Å². The van der Waals surface area contributed by atoms with E-state index < -0.39 is 6.36 Å². The number of aromatic amines is 1. The second kappa shape index (κ2) is 12.1. The molecule has 1 aromatic heterocycles. The molecule has 0 amide bonds. The van der Waals surface area contributed by atoms with Gasteiger partial charge in [0.2, 0.25) is 5.43 Å². The van der Waals surface area contributed by atoms with Crippen LogP contribution in [0.1, 0.15) is 41.3 Å². The van der Waals surface area contributed by atoms with E-state index in [1.165, 1.54) is 17.7 Å². The van der Waals surface area contributed by atoms with Gasteiger partial charge in [0.15, 0.2) is 0 Å². The quantitative estimate of drug-likeness (QED) is 0.238. The molecule has 0 radical (unpaired) electrons. The van der Waals surface area contributed by atoms with Crippen molar-refractivity contribution in [2.24, 2.45) is 0 Å². The lowest BCUT2D eigenvalue weighted by molar-refractivity contribution is -0.274. The van der Waals surface area contributed by atoms with Crippen LogP contribution in [0.4, 0.5) is 13.2 Å². The van der Waals surface area contributed by atoms with E-state index in [1.807, 2.05) is 24.3 Å². The third kappa shape index (κ3) is 6.84. The topological polar surface area (TPSA) is 65.6 Å². The molecule has 0 saturated carbocycles. The highest BCUT2D eigenvalue weighted by atomic mass is 35.5. The first-order valence-corrected chi connectivity index (χ1v) is 13.8. The molecule has 0 bridgehead atoms. The summed E-state index contributed by atoms with van der Waals surface area (Å²) >= 11 is 6.17. The van der Waals surface area contributed by atoms with Crippen LogP contribution in [-0.2, 0) is 13.2 Å². The van der Waals surface area contributed by atoms with E-state index in [0.717, 1.165) is 49.2 Å². The highest BCUT2D eigenvalue weighted by molar-refractivity contribution is 6.31. The van der Waals surface area contributed by atoms with Crippen LogP contribution in [0.3, 0.4) is 0 Å². The maximum atomic E-state index is 12.8. The Morgan fingerprint density at radius 3 is 2.05 bits per heavy atom. The molecule has 1 aliphatic heterocycles. The lowest BCUT2D eigenvalue weighted by atomic mass is 9.89. The zero-order valence-corrected chi connectivity index (χ0v) is 23.2. The Hall–Kier alpha value is -3.59. The number of hydrogen-bond donors (Lipinski definition) is 2. The molecule has 0 atom stereocenters. The first kappa shape index (κ1) is 28.9. The molecule has 5 rings (SSSR count). The van der Waals surface area contributed by atoms with Crippen molar-refractivity contribution in [3.63, 3.8) is 0 Å². The van der Waals surface area contributed by atoms with Crippen LogP contribution in [0, 0.1) is 6.92 Å². The number of aliphatic hydroxyl groups is 1. The number of nitrogens with one attached hydrogen (secondary N) is 1. The number of nitrogens with zero attached hydrogens (tertiary/aromatic N) is 1. The third-order valence-electron chi connectivity index (χ3n) is 7.59. The van der Waals surface area contributed by atoms with Gasteiger partial charge in [0.1, 0.15) is 10.8 Å². The Morgan fingerprint density at radius 2 is 1.49 bits per heavy atom. The molecular weight excluding hydrogens is 553 g/mol. The summed E-state index contributed by atoms with van der Waals surface area (Å²) in [4.78, 5) is 18.2. The third-order valence-corrected chi connectivity index (χ3v) is 8.05. The Balaban J connectivity index is 1.18. The lowest BCUT2D eigenvalue weighted by Gasteiger charge is -2.32. The molecule has 0 unspecified atom stereocenters. The zero-order valence-electron chi connectivity index (χ0n) is 22.5. The molecule has 3 aromatic carbocycles. The van der Waals surface area contributed by atoms with Gasteiger partial charge < -0.3 is 14.8 Å². The first-order valence-electron chi connectivity index (χ1n) is 13.4. The van der Waals surface area contributed by atoms with Crippen molar-refractivity contribution >= 4 is 11.6 Å². The number of benzene rings is 3. The number of aromatic nitrogens is 1. The number of rotatable bonds is 7. The summed E-state index contributed by atoms with van der Waals surface area (Å²) in [7, 11) is 0. The van der Waals surface area contributed by atoms with E-state index in [-0.39, 0.29) is 22.8 Å². The molecule has 0 spiro atoms. The summed E-state index contributed by atoms with van der Waals surface area (Å²) in [5.41, 5.74) is 6.02. The molecule has 1 saturated heterocycles. The van der Waals surface area contributed by atoms with Crippen LogP contribution in [0.15, 0.2) is 77.6 Å². The number of H-pyrrole nitrogens is 1. The number of halogens is 4. The Morgan fingerprint density at radius 1 is 0.927 bits per heavy atom. The minimum atomic E-state index is -4.68. The molecule has 9 heteroatoms. The number of hydrogen-bond acceptors (Lipinski definition) is 4. The van der Waals surface area contributed by atoms with Crippen molar-refractivity contribution in [3.8, 4) is 28.0 Å². The van der Waals surface area contributed by atoms with Gasteiger partial charge in [0.05, 0.1) is 17.9 Å². The second-order valence-corrected chi connectivity index (χ2v) is 10.7. The fourth-order valence-electron chi connectivity index (χ4n) is 5.44. The largest absolute Gasteiger partial charge is 0.573 e. The first-order chi connectivity index (χ1) is 19.6. The van der Waals surface area contributed by atoms with Crippen LogP contribution in [-0.4, -0.2) is 34.4 Å². The molecule has 0 aliphatic carbocycles. The molecule has 214 valence electrons. The van der Waals surface area contributed by atoms with Crippen LogP contribution >= 0.6 is 11.6 Å². The summed E-state index contributed by atoms with van der Waals surface area (Å²) < 4.78 is 41.2. The van der Waals surface area contributed by atoms with E-state index in [1.54, 1.807) is 19.1 Å². The van der Waals surface area contributed by atoms with Crippen molar-refractivity contribution < 1.29 is 23.0 Å². The lowest BCUT2D eigenvalue weighted by Crippen LogP contribution is -2.32. The van der Waals surface area contributed by atoms with Crippen LogP contribution < -0.4 is 10.2 Å². The SMILES string of the molecule is Cc1[nH]c(CO)c(-c2ccc(-c3ccc(CN4CCC(c5ccc(OC(F)(F)F)cc5)CC4)cc3)cc2)c(=O)c1Cl. The summed E-state index contributed by atoms with van der Waals surface area (Å²) in [6, 6.07) is 22.2. The Kier molecular flexibility index (Phi) is 8.54. The number of alkyl halides is 3. The molecule has 1 aliphatic rings. The molecule has 2 N–H and O–H groups in total. The van der Waals surface area contributed by atoms with Crippen LogP contribution in [0.2, 0.25) is 5.02 Å². The van der Waals surface area contributed by atoms with Crippen molar-refractivity contribution in [2.75, 3.05) is 13.1 Å². The monoisotopic (exact) mass is 582 g/mol. The van der Waals surface area contributed by atoms with Crippen LogP contribution in [0.5, 0.6) is 5.75 Å². The summed E-state index contributed by atoms with van der Waals surface area (Å²) in [5.74, 6) is 0.122. The van der Waals surface area contributed by atoms with Gasteiger partial charge in [-0.2, -0.15) is 0 Å². The van der Waals surface area contributed by atoms with Gasteiger partial charge in [-0.05, 0) is 78.7 Å². The van der Waals surface area contributed by atoms with Gasteiger partial charge in [-0.3, -0.25) is 9.69 Å². The molecule has 4 aromatic rings. The maximum absolute atomic E-state index is 12.8. The van der Waals surface area contributed by atoms with Crippen molar-refractivity contribution in [3.05, 3.63) is 111 Å². The smallest absolute Gasteiger partial charge is 0.406 e. The number of likely N-dealkylation sites (tertiary alicyclic amines) is 1. The number of ether oxygens (including phenoxy) is 1. The Labute approximate surface area is 241 Å². The van der Waals surface area contributed by atoms with E-state index >= 15 is 0 Å². The molecule has 41 heavy (non-hydrogen) atoms. The van der Waals surface area contributed by atoms with Crippen molar-refractivity contribution in [2.45, 2.75) is 45.2 Å². The van der Waals surface area contributed by atoms with Gasteiger partial charge in [-0.1, -0.05) is 72.3 Å².